The van der Waals surface area contributed by atoms with Crippen molar-refractivity contribution in [3.8, 4) is 0 Å². The van der Waals surface area contributed by atoms with E-state index in [-0.39, 0.29) is 6.47 Å². The molecule has 0 amide bonds. The molecule has 0 fully saturated rings. The number of rotatable bonds is 2. The molecular formula is C11H16O2. The molecule has 1 aromatic rings. The average Bonchev–Trinajstić information content (AvgIpc) is 2.19. The Hall–Kier alpha value is -1.31. The number of carboxylic acid groups (broad SMARTS) is 1. The fourth-order valence-corrected chi connectivity index (χ4v) is 1.07. The van der Waals surface area contributed by atoms with Crippen molar-refractivity contribution in [2.75, 3.05) is 0 Å². The first kappa shape index (κ1) is 11.7. The zero-order chi connectivity index (χ0) is 10.1. The summed E-state index contributed by atoms with van der Waals surface area (Å²) in [7, 11) is 0. The fourth-order valence-electron chi connectivity index (χ4n) is 1.07. The lowest BCUT2D eigenvalue weighted by Crippen LogP contribution is -1.83. The summed E-state index contributed by atoms with van der Waals surface area (Å²) in [6.07, 6.45) is 2.29. The van der Waals surface area contributed by atoms with Gasteiger partial charge in [-0.15, -0.1) is 0 Å². The summed E-state index contributed by atoms with van der Waals surface area (Å²) in [4.78, 5) is 8.36. The van der Waals surface area contributed by atoms with Crippen molar-refractivity contribution in [3.63, 3.8) is 0 Å². The average molecular weight is 180 g/mol. The van der Waals surface area contributed by atoms with Gasteiger partial charge in [0.1, 0.15) is 0 Å². The molecule has 0 atom stereocenters. The lowest BCUT2D eigenvalue weighted by Gasteiger charge is -1.98. The second-order valence-electron chi connectivity index (χ2n) is 2.63. The fraction of sp³-hybridized carbons (Fsp3) is 0.364. The first-order valence-corrected chi connectivity index (χ1v) is 4.44. The van der Waals surface area contributed by atoms with Gasteiger partial charge in [0.2, 0.25) is 0 Å². The minimum absolute atomic E-state index is 0.250. The van der Waals surface area contributed by atoms with E-state index in [4.69, 9.17) is 9.90 Å². The van der Waals surface area contributed by atoms with Crippen LogP contribution in [0.2, 0.25) is 0 Å². The Morgan fingerprint density at radius 1 is 1.23 bits per heavy atom. The van der Waals surface area contributed by atoms with E-state index < -0.39 is 0 Å². The lowest BCUT2D eigenvalue weighted by atomic mass is 10.1. The van der Waals surface area contributed by atoms with Gasteiger partial charge in [-0.25, -0.2) is 0 Å². The summed E-state index contributed by atoms with van der Waals surface area (Å²) in [6, 6.07) is 8.77. The van der Waals surface area contributed by atoms with Crippen molar-refractivity contribution in [2.45, 2.75) is 26.7 Å². The zero-order valence-corrected chi connectivity index (χ0v) is 8.16. The van der Waals surface area contributed by atoms with Gasteiger partial charge >= 0.3 is 0 Å². The van der Waals surface area contributed by atoms with E-state index in [1.807, 2.05) is 0 Å². The SMILES string of the molecule is CCc1cccc(CC)c1.O=CO. The maximum atomic E-state index is 8.36. The first-order chi connectivity index (χ1) is 6.28. The van der Waals surface area contributed by atoms with E-state index in [2.05, 4.69) is 38.1 Å². The molecule has 0 unspecified atom stereocenters. The van der Waals surface area contributed by atoms with Gasteiger partial charge in [-0.1, -0.05) is 38.1 Å². The molecule has 0 aliphatic carbocycles. The van der Waals surface area contributed by atoms with Crippen LogP contribution in [0.25, 0.3) is 0 Å². The third-order valence-electron chi connectivity index (χ3n) is 1.81. The maximum absolute atomic E-state index is 8.36. The molecule has 1 N–H and O–H groups in total. The molecule has 2 heteroatoms. The Morgan fingerprint density at radius 3 is 1.92 bits per heavy atom. The minimum Gasteiger partial charge on any atom is -0.483 e. The van der Waals surface area contributed by atoms with Gasteiger partial charge < -0.3 is 5.11 Å². The van der Waals surface area contributed by atoms with Crippen molar-refractivity contribution in [1.29, 1.82) is 0 Å². The number of benzene rings is 1. The Labute approximate surface area is 79.2 Å². The molecule has 0 saturated heterocycles. The first-order valence-electron chi connectivity index (χ1n) is 4.44. The number of hydrogen-bond donors (Lipinski definition) is 1. The van der Waals surface area contributed by atoms with Crippen LogP contribution in [-0.2, 0) is 17.6 Å². The smallest absolute Gasteiger partial charge is 0.290 e. The number of carbonyl (C=O) groups is 1. The highest BCUT2D eigenvalue weighted by atomic mass is 16.3. The van der Waals surface area contributed by atoms with Crippen molar-refractivity contribution in [3.05, 3.63) is 35.4 Å². The molecular weight excluding hydrogens is 164 g/mol. The summed E-state index contributed by atoms with van der Waals surface area (Å²) < 4.78 is 0. The lowest BCUT2D eigenvalue weighted by molar-refractivity contribution is -0.122. The van der Waals surface area contributed by atoms with Crippen LogP contribution in [0.5, 0.6) is 0 Å². The van der Waals surface area contributed by atoms with Crippen LogP contribution < -0.4 is 0 Å². The van der Waals surface area contributed by atoms with Gasteiger partial charge in [0.05, 0.1) is 0 Å². The highest BCUT2D eigenvalue weighted by Gasteiger charge is 1.89. The van der Waals surface area contributed by atoms with Crippen LogP contribution in [0.4, 0.5) is 0 Å². The summed E-state index contributed by atoms with van der Waals surface area (Å²) in [5.74, 6) is 0. The minimum atomic E-state index is -0.250. The number of hydrogen-bond acceptors (Lipinski definition) is 1. The quantitative estimate of drug-likeness (QED) is 0.710. The van der Waals surface area contributed by atoms with Crippen LogP contribution in [-0.4, -0.2) is 11.6 Å². The van der Waals surface area contributed by atoms with Gasteiger partial charge in [0.25, 0.3) is 6.47 Å². The van der Waals surface area contributed by atoms with Gasteiger partial charge in [0, 0.05) is 0 Å². The Kier molecular flexibility index (Phi) is 6.60. The maximum Gasteiger partial charge on any atom is 0.290 e. The second-order valence-corrected chi connectivity index (χ2v) is 2.63. The molecule has 0 aliphatic rings. The molecule has 1 aromatic carbocycles. The van der Waals surface area contributed by atoms with Crippen molar-refractivity contribution in [1.82, 2.24) is 0 Å². The van der Waals surface area contributed by atoms with Crippen molar-refractivity contribution in [2.24, 2.45) is 0 Å². The van der Waals surface area contributed by atoms with E-state index in [0.717, 1.165) is 12.8 Å². The summed E-state index contributed by atoms with van der Waals surface area (Å²) in [6.45, 7) is 4.13. The molecule has 2 nitrogen and oxygen atoms in total. The number of aryl methyl sites for hydroxylation is 2. The molecule has 0 spiro atoms. The molecule has 0 aromatic heterocycles. The third-order valence-corrected chi connectivity index (χ3v) is 1.81. The highest BCUT2D eigenvalue weighted by Crippen LogP contribution is 2.05. The molecule has 0 heterocycles. The molecule has 0 bridgehead atoms. The second kappa shape index (κ2) is 7.35. The Balaban J connectivity index is 0.000000424. The van der Waals surface area contributed by atoms with Crippen molar-refractivity contribution < 1.29 is 9.90 Å². The Bertz CT molecular complexity index is 224. The van der Waals surface area contributed by atoms with Crippen LogP contribution in [0, 0.1) is 0 Å². The molecule has 13 heavy (non-hydrogen) atoms. The van der Waals surface area contributed by atoms with Crippen LogP contribution >= 0.6 is 0 Å². The summed E-state index contributed by atoms with van der Waals surface area (Å²) >= 11 is 0. The van der Waals surface area contributed by atoms with Gasteiger partial charge in [-0.2, -0.15) is 0 Å². The molecule has 72 valence electrons. The topological polar surface area (TPSA) is 37.3 Å². The van der Waals surface area contributed by atoms with E-state index in [9.17, 15) is 0 Å². The molecule has 1 rings (SSSR count). The largest absolute Gasteiger partial charge is 0.483 e. The van der Waals surface area contributed by atoms with Gasteiger partial charge in [0.15, 0.2) is 0 Å². The predicted molar refractivity (Wildman–Crippen MR) is 53.9 cm³/mol. The molecule has 0 radical (unpaired) electrons. The van der Waals surface area contributed by atoms with E-state index in [1.165, 1.54) is 11.1 Å². The monoisotopic (exact) mass is 180 g/mol. The van der Waals surface area contributed by atoms with E-state index in [1.54, 1.807) is 0 Å². The highest BCUT2D eigenvalue weighted by molar-refractivity contribution is 5.32. The van der Waals surface area contributed by atoms with Crippen LogP contribution in [0.3, 0.4) is 0 Å². The molecule has 0 saturated carbocycles. The van der Waals surface area contributed by atoms with Crippen LogP contribution in [0.15, 0.2) is 24.3 Å². The molecule has 0 aliphatic heterocycles. The zero-order valence-electron chi connectivity index (χ0n) is 8.16. The van der Waals surface area contributed by atoms with Crippen molar-refractivity contribution >= 4 is 6.47 Å². The predicted octanol–water partition coefficient (Wildman–Crippen LogP) is 2.51. The summed E-state index contributed by atoms with van der Waals surface area (Å²) in [5.41, 5.74) is 2.89. The van der Waals surface area contributed by atoms with Gasteiger partial charge in [-0.3, -0.25) is 4.79 Å². The van der Waals surface area contributed by atoms with Crippen LogP contribution in [0.1, 0.15) is 25.0 Å². The normalized spacial score (nSPS) is 8.46. The standard InChI is InChI=1S/C10H14.CH2O2/c1-3-9-6-5-7-10(4-2)8-9;2-1-3/h5-8H,3-4H2,1-2H3;1H,(H,2,3). The summed E-state index contributed by atoms with van der Waals surface area (Å²) in [5, 5.41) is 6.89. The van der Waals surface area contributed by atoms with E-state index >= 15 is 0 Å². The Morgan fingerprint density at radius 2 is 1.62 bits per heavy atom. The third kappa shape index (κ3) is 5.01. The van der Waals surface area contributed by atoms with E-state index in [0.29, 0.717) is 0 Å². The van der Waals surface area contributed by atoms with Gasteiger partial charge in [-0.05, 0) is 24.0 Å².